The first-order valence-electron chi connectivity index (χ1n) is 9.57. The van der Waals surface area contributed by atoms with Gasteiger partial charge in [-0.05, 0) is 23.6 Å². The maximum atomic E-state index is 12.4. The summed E-state index contributed by atoms with van der Waals surface area (Å²) in [6, 6.07) is 16.6. The van der Waals surface area contributed by atoms with E-state index in [1.165, 1.54) is 0 Å². The van der Waals surface area contributed by atoms with Gasteiger partial charge < -0.3 is 14.6 Å². The number of halogens is 1. The van der Waals surface area contributed by atoms with E-state index in [-0.39, 0.29) is 18.4 Å². The first kappa shape index (κ1) is 21.0. The Morgan fingerprint density at radius 3 is 2.72 bits per heavy atom. The van der Waals surface area contributed by atoms with Gasteiger partial charge in [-0.1, -0.05) is 79.5 Å². The van der Waals surface area contributed by atoms with Crippen molar-refractivity contribution in [3.8, 4) is 11.4 Å². The Bertz CT molecular complexity index is 930. The third kappa shape index (κ3) is 5.89. The van der Waals surface area contributed by atoms with E-state index < -0.39 is 6.04 Å². The molecule has 6 nitrogen and oxygen atoms in total. The summed E-state index contributed by atoms with van der Waals surface area (Å²) >= 11 is 6.04. The summed E-state index contributed by atoms with van der Waals surface area (Å²) in [6.07, 6.45) is 0.838. The van der Waals surface area contributed by atoms with Crippen LogP contribution in [-0.2, 0) is 16.1 Å². The Labute approximate surface area is 175 Å². The Morgan fingerprint density at radius 2 is 2.00 bits per heavy atom. The van der Waals surface area contributed by atoms with Gasteiger partial charge >= 0.3 is 0 Å². The normalized spacial score (nSPS) is 13.1. The molecule has 3 rings (SSSR count). The van der Waals surface area contributed by atoms with Crippen LogP contribution in [0.4, 0.5) is 0 Å². The van der Waals surface area contributed by atoms with Crippen LogP contribution in [0.5, 0.6) is 0 Å². The molecule has 3 aromatic rings. The molecule has 1 heterocycles. The van der Waals surface area contributed by atoms with Gasteiger partial charge in [0, 0.05) is 10.6 Å². The van der Waals surface area contributed by atoms with Gasteiger partial charge in [-0.3, -0.25) is 4.79 Å². The number of aromatic nitrogens is 2. The summed E-state index contributed by atoms with van der Waals surface area (Å²) in [4.78, 5) is 16.9. The maximum absolute atomic E-state index is 12.4. The van der Waals surface area contributed by atoms with Gasteiger partial charge in [0.25, 0.3) is 0 Å². The highest BCUT2D eigenvalue weighted by Crippen LogP contribution is 2.26. The SMILES string of the molecule is CC[C@H](C)[C@@H](NC(=O)COCc1ccccc1)c1nc(-c2cccc(Cl)c2)no1. The number of nitrogens with one attached hydrogen (secondary N) is 1. The summed E-state index contributed by atoms with van der Waals surface area (Å²) in [5.41, 5.74) is 1.77. The molecule has 152 valence electrons. The Morgan fingerprint density at radius 1 is 1.21 bits per heavy atom. The number of carbonyl (C=O) groups excluding carboxylic acids is 1. The van der Waals surface area contributed by atoms with Crippen LogP contribution in [0.15, 0.2) is 59.1 Å². The lowest BCUT2D eigenvalue weighted by molar-refractivity contribution is -0.127. The zero-order chi connectivity index (χ0) is 20.6. The predicted octanol–water partition coefficient (Wildman–Crippen LogP) is 4.81. The number of nitrogens with zero attached hydrogens (tertiary/aromatic N) is 2. The van der Waals surface area contributed by atoms with Gasteiger partial charge in [-0.15, -0.1) is 0 Å². The standard InChI is InChI=1S/C22H24ClN3O3/c1-3-15(2)20(24-19(27)14-28-13-16-8-5-4-6-9-16)22-25-21(26-29-22)17-10-7-11-18(23)12-17/h4-12,15,20H,3,13-14H2,1-2H3,(H,24,27)/t15-,20+/m0/s1. The highest BCUT2D eigenvalue weighted by molar-refractivity contribution is 6.30. The largest absolute Gasteiger partial charge is 0.367 e. The summed E-state index contributed by atoms with van der Waals surface area (Å²) in [5.74, 6) is 0.686. The molecular formula is C22H24ClN3O3. The number of carbonyl (C=O) groups is 1. The van der Waals surface area contributed by atoms with Crippen molar-refractivity contribution in [2.45, 2.75) is 32.9 Å². The first-order valence-corrected chi connectivity index (χ1v) is 9.95. The Balaban J connectivity index is 1.64. The fourth-order valence-corrected chi connectivity index (χ4v) is 3.03. The van der Waals surface area contributed by atoms with Crippen LogP contribution in [0.3, 0.4) is 0 Å². The number of hydrogen-bond donors (Lipinski definition) is 1. The molecule has 0 unspecified atom stereocenters. The summed E-state index contributed by atoms with van der Waals surface area (Å²) < 4.78 is 11.0. The van der Waals surface area contributed by atoms with Crippen LogP contribution in [0.1, 0.15) is 37.8 Å². The summed E-state index contributed by atoms with van der Waals surface area (Å²) in [7, 11) is 0. The second-order valence-corrected chi connectivity index (χ2v) is 7.31. The number of rotatable bonds is 9. The van der Waals surface area contributed by atoms with Crippen molar-refractivity contribution in [1.29, 1.82) is 0 Å². The minimum absolute atomic E-state index is 0.0445. The van der Waals surface area contributed by atoms with E-state index >= 15 is 0 Å². The predicted molar refractivity (Wildman–Crippen MR) is 111 cm³/mol. The highest BCUT2D eigenvalue weighted by atomic mass is 35.5. The molecule has 0 aliphatic heterocycles. The average Bonchev–Trinajstić information content (AvgIpc) is 3.22. The fraction of sp³-hybridized carbons (Fsp3) is 0.318. The molecule has 1 N–H and O–H groups in total. The molecule has 0 bridgehead atoms. The van der Waals surface area contributed by atoms with Gasteiger partial charge in [0.2, 0.25) is 17.6 Å². The molecule has 2 aromatic carbocycles. The zero-order valence-electron chi connectivity index (χ0n) is 16.5. The average molecular weight is 414 g/mol. The minimum Gasteiger partial charge on any atom is -0.367 e. The van der Waals surface area contributed by atoms with Gasteiger partial charge in [-0.2, -0.15) is 4.98 Å². The quantitative estimate of drug-likeness (QED) is 0.544. The van der Waals surface area contributed by atoms with Crippen LogP contribution in [0, 0.1) is 5.92 Å². The molecule has 0 aliphatic rings. The highest BCUT2D eigenvalue weighted by Gasteiger charge is 2.26. The van der Waals surface area contributed by atoms with Crippen LogP contribution < -0.4 is 5.32 Å². The van der Waals surface area contributed by atoms with E-state index in [2.05, 4.69) is 15.5 Å². The topological polar surface area (TPSA) is 77.2 Å². The molecule has 29 heavy (non-hydrogen) atoms. The summed E-state index contributed by atoms with van der Waals surface area (Å²) in [5, 5.41) is 7.60. The first-order chi connectivity index (χ1) is 14.1. The number of benzene rings is 2. The lowest BCUT2D eigenvalue weighted by Crippen LogP contribution is -2.35. The molecule has 1 aromatic heterocycles. The summed E-state index contributed by atoms with van der Waals surface area (Å²) in [6.45, 7) is 4.40. The molecule has 1 amide bonds. The van der Waals surface area contributed by atoms with Gasteiger partial charge in [0.05, 0.1) is 6.61 Å². The van der Waals surface area contributed by atoms with Crippen molar-refractivity contribution < 1.29 is 14.1 Å². The van der Waals surface area contributed by atoms with Crippen LogP contribution in [0.2, 0.25) is 5.02 Å². The number of amides is 1. The molecular weight excluding hydrogens is 390 g/mol. The third-order valence-electron chi connectivity index (χ3n) is 4.66. The molecule has 2 atom stereocenters. The van der Waals surface area contributed by atoms with Crippen molar-refractivity contribution in [3.05, 3.63) is 71.1 Å². The van der Waals surface area contributed by atoms with Crippen molar-refractivity contribution in [3.63, 3.8) is 0 Å². The van der Waals surface area contributed by atoms with Crippen LogP contribution in [0.25, 0.3) is 11.4 Å². The van der Waals surface area contributed by atoms with E-state index in [4.69, 9.17) is 20.9 Å². The molecule has 0 radical (unpaired) electrons. The van der Waals surface area contributed by atoms with Crippen LogP contribution >= 0.6 is 11.6 Å². The van der Waals surface area contributed by atoms with Crippen molar-refractivity contribution in [2.24, 2.45) is 5.92 Å². The van der Waals surface area contributed by atoms with Gasteiger partial charge in [0.1, 0.15) is 12.6 Å². The fourth-order valence-electron chi connectivity index (χ4n) is 2.84. The monoisotopic (exact) mass is 413 g/mol. The Hall–Kier alpha value is -2.70. The second kappa shape index (κ2) is 10.2. The molecule has 0 spiro atoms. The van der Waals surface area contributed by atoms with E-state index in [0.29, 0.717) is 23.3 Å². The van der Waals surface area contributed by atoms with Gasteiger partial charge in [0.15, 0.2) is 0 Å². The van der Waals surface area contributed by atoms with Crippen molar-refractivity contribution in [2.75, 3.05) is 6.61 Å². The number of hydrogen-bond acceptors (Lipinski definition) is 5. The lowest BCUT2D eigenvalue weighted by Gasteiger charge is -2.20. The van der Waals surface area contributed by atoms with E-state index in [1.54, 1.807) is 12.1 Å². The Kier molecular flexibility index (Phi) is 7.38. The molecule has 7 heteroatoms. The molecule has 0 fully saturated rings. The van der Waals surface area contributed by atoms with Crippen LogP contribution in [-0.4, -0.2) is 22.7 Å². The van der Waals surface area contributed by atoms with Gasteiger partial charge in [-0.25, -0.2) is 0 Å². The molecule has 0 aliphatic carbocycles. The molecule has 0 saturated heterocycles. The second-order valence-electron chi connectivity index (χ2n) is 6.88. The van der Waals surface area contributed by atoms with E-state index in [9.17, 15) is 4.79 Å². The number of ether oxygens (including phenoxy) is 1. The molecule has 0 saturated carbocycles. The maximum Gasteiger partial charge on any atom is 0.249 e. The van der Waals surface area contributed by atoms with Crippen molar-refractivity contribution in [1.82, 2.24) is 15.5 Å². The third-order valence-corrected chi connectivity index (χ3v) is 4.90. The van der Waals surface area contributed by atoms with E-state index in [0.717, 1.165) is 17.5 Å². The lowest BCUT2D eigenvalue weighted by atomic mass is 9.99. The van der Waals surface area contributed by atoms with E-state index in [1.807, 2.05) is 56.3 Å². The zero-order valence-corrected chi connectivity index (χ0v) is 17.2. The minimum atomic E-state index is -0.395. The van der Waals surface area contributed by atoms with Crippen molar-refractivity contribution >= 4 is 17.5 Å². The smallest absolute Gasteiger partial charge is 0.249 e.